The summed E-state index contributed by atoms with van der Waals surface area (Å²) < 4.78 is 18.9. The standard InChI is InChI=1S/C26H21FN6O/c27-20-8-12-24(13-9-20)34-23-10-6-19(7-11-23)25-18-22(14-16-28-25)33(21-4-2-1-3-5-21)17-15-26-29-31-32-30-26/h1-14,16,18H,15,17H2,(H,29,30,31,32). The maximum atomic E-state index is 13.1. The van der Waals surface area contributed by atoms with Crippen LogP contribution in [0.2, 0.25) is 0 Å². The summed E-state index contributed by atoms with van der Waals surface area (Å²) in [6, 6.07) is 27.8. The lowest BCUT2D eigenvalue weighted by Crippen LogP contribution is -2.20. The minimum atomic E-state index is -0.296. The van der Waals surface area contributed by atoms with Crippen LogP contribution in [-0.2, 0) is 6.42 Å². The van der Waals surface area contributed by atoms with Crippen molar-refractivity contribution in [2.75, 3.05) is 11.4 Å². The van der Waals surface area contributed by atoms with Crippen molar-refractivity contribution in [3.05, 3.63) is 109 Å². The van der Waals surface area contributed by atoms with Crippen LogP contribution < -0.4 is 9.64 Å². The highest BCUT2D eigenvalue weighted by molar-refractivity contribution is 5.70. The molecule has 0 aliphatic rings. The van der Waals surface area contributed by atoms with Crippen molar-refractivity contribution < 1.29 is 9.13 Å². The average Bonchev–Trinajstić information content (AvgIpc) is 3.41. The van der Waals surface area contributed by atoms with Gasteiger partial charge >= 0.3 is 0 Å². The number of halogens is 1. The monoisotopic (exact) mass is 452 g/mol. The summed E-state index contributed by atoms with van der Waals surface area (Å²) in [5.41, 5.74) is 3.86. The summed E-state index contributed by atoms with van der Waals surface area (Å²) in [5.74, 6) is 1.61. The molecule has 5 rings (SSSR count). The van der Waals surface area contributed by atoms with E-state index in [0.29, 0.717) is 30.3 Å². The topological polar surface area (TPSA) is 79.8 Å². The first-order valence-corrected chi connectivity index (χ1v) is 10.8. The van der Waals surface area contributed by atoms with E-state index < -0.39 is 0 Å². The summed E-state index contributed by atoms with van der Waals surface area (Å²) in [5, 5.41) is 14.3. The summed E-state index contributed by atoms with van der Waals surface area (Å²) in [4.78, 5) is 6.77. The Morgan fingerprint density at radius 2 is 1.56 bits per heavy atom. The highest BCUT2D eigenvalue weighted by atomic mass is 19.1. The highest BCUT2D eigenvalue weighted by Gasteiger charge is 2.13. The van der Waals surface area contributed by atoms with Crippen molar-refractivity contribution in [3.63, 3.8) is 0 Å². The predicted octanol–water partition coefficient (Wildman–Crippen LogP) is 5.57. The lowest BCUT2D eigenvalue weighted by molar-refractivity contribution is 0.480. The minimum absolute atomic E-state index is 0.296. The van der Waals surface area contributed by atoms with Crippen molar-refractivity contribution in [1.82, 2.24) is 25.6 Å². The van der Waals surface area contributed by atoms with E-state index >= 15 is 0 Å². The van der Waals surface area contributed by atoms with E-state index in [2.05, 4.69) is 48.7 Å². The first-order chi connectivity index (χ1) is 16.7. The second kappa shape index (κ2) is 9.91. The van der Waals surface area contributed by atoms with Gasteiger partial charge in [0.15, 0.2) is 5.82 Å². The Hall–Kier alpha value is -4.59. The molecule has 168 valence electrons. The van der Waals surface area contributed by atoms with Gasteiger partial charge in [-0.25, -0.2) is 4.39 Å². The van der Waals surface area contributed by atoms with Gasteiger partial charge in [0.25, 0.3) is 0 Å². The van der Waals surface area contributed by atoms with Crippen LogP contribution >= 0.6 is 0 Å². The molecule has 0 atom stereocenters. The van der Waals surface area contributed by atoms with Gasteiger partial charge in [0.05, 0.1) is 5.69 Å². The molecule has 0 spiro atoms. The first-order valence-electron chi connectivity index (χ1n) is 10.8. The third-order valence-corrected chi connectivity index (χ3v) is 5.27. The van der Waals surface area contributed by atoms with E-state index in [1.807, 2.05) is 48.5 Å². The fraction of sp³-hybridized carbons (Fsp3) is 0.0769. The van der Waals surface area contributed by atoms with E-state index in [1.54, 1.807) is 18.3 Å². The Morgan fingerprint density at radius 3 is 2.26 bits per heavy atom. The van der Waals surface area contributed by atoms with Crippen LogP contribution in [0.4, 0.5) is 15.8 Å². The molecule has 2 aromatic heterocycles. The molecule has 34 heavy (non-hydrogen) atoms. The number of ether oxygens (including phenoxy) is 1. The van der Waals surface area contributed by atoms with E-state index in [1.165, 1.54) is 12.1 Å². The van der Waals surface area contributed by atoms with E-state index in [-0.39, 0.29) is 5.82 Å². The Labute approximate surface area is 195 Å². The zero-order chi connectivity index (χ0) is 23.2. The predicted molar refractivity (Wildman–Crippen MR) is 127 cm³/mol. The Bertz CT molecular complexity index is 1330. The van der Waals surface area contributed by atoms with Gasteiger partial charge in [0, 0.05) is 36.1 Å². The van der Waals surface area contributed by atoms with Crippen molar-refractivity contribution in [1.29, 1.82) is 0 Å². The molecule has 1 N–H and O–H groups in total. The molecule has 0 radical (unpaired) electrons. The Balaban J connectivity index is 1.37. The maximum Gasteiger partial charge on any atom is 0.176 e. The van der Waals surface area contributed by atoms with Crippen LogP contribution in [0, 0.1) is 5.82 Å². The highest BCUT2D eigenvalue weighted by Crippen LogP contribution is 2.30. The molecule has 8 heteroatoms. The fourth-order valence-corrected chi connectivity index (χ4v) is 3.59. The lowest BCUT2D eigenvalue weighted by Gasteiger charge is -2.25. The van der Waals surface area contributed by atoms with Gasteiger partial charge < -0.3 is 9.64 Å². The largest absolute Gasteiger partial charge is 0.457 e. The number of aromatic nitrogens is 5. The van der Waals surface area contributed by atoms with Gasteiger partial charge in [-0.2, -0.15) is 5.21 Å². The molecular formula is C26H21FN6O. The lowest BCUT2D eigenvalue weighted by atomic mass is 10.1. The number of rotatable bonds is 8. The number of nitrogens with one attached hydrogen (secondary N) is 1. The van der Waals surface area contributed by atoms with Gasteiger partial charge in [0.1, 0.15) is 17.3 Å². The Morgan fingerprint density at radius 1 is 0.824 bits per heavy atom. The van der Waals surface area contributed by atoms with Crippen LogP contribution in [0.1, 0.15) is 5.82 Å². The van der Waals surface area contributed by atoms with Gasteiger partial charge in [-0.1, -0.05) is 23.4 Å². The van der Waals surface area contributed by atoms with Gasteiger partial charge in [0.2, 0.25) is 0 Å². The molecular weight excluding hydrogens is 431 g/mol. The minimum Gasteiger partial charge on any atom is -0.457 e. The normalized spacial score (nSPS) is 10.7. The van der Waals surface area contributed by atoms with Crippen molar-refractivity contribution in [2.24, 2.45) is 0 Å². The second-order valence-electron chi connectivity index (χ2n) is 7.54. The molecule has 0 aliphatic heterocycles. The number of pyridine rings is 1. The number of nitrogens with zero attached hydrogens (tertiary/aromatic N) is 5. The molecule has 0 saturated heterocycles. The first kappa shape index (κ1) is 21.3. The van der Waals surface area contributed by atoms with Crippen LogP contribution in [0.5, 0.6) is 11.5 Å². The fourth-order valence-electron chi connectivity index (χ4n) is 3.59. The molecule has 2 heterocycles. The van der Waals surface area contributed by atoms with Crippen LogP contribution in [0.15, 0.2) is 97.2 Å². The quantitative estimate of drug-likeness (QED) is 0.331. The zero-order valence-corrected chi connectivity index (χ0v) is 18.2. The van der Waals surface area contributed by atoms with E-state index in [4.69, 9.17) is 4.74 Å². The van der Waals surface area contributed by atoms with Gasteiger partial charge in [-0.05, 0) is 72.8 Å². The number of H-pyrrole nitrogens is 1. The summed E-state index contributed by atoms with van der Waals surface area (Å²) in [7, 11) is 0. The van der Waals surface area contributed by atoms with Crippen LogP contribution in [-0.4, -0.2) is 32.2 Å². The van der Waals surface area contributed by atoms with Crippen LogP contribution in [0.25, 0.3) is 11.3 Å². The molecule has 0 saturated carbocycles. The number of tetrazole rings is 1. The summed E-state index contributed by atoms with van der Waals surface area (Å²) >= 11 is 0. The number of hydrogen-bond donors (Lipinski definition) is 1. The number of aromatic amines is 1. The second-order valence-corrected chi connectivity index (χ2v) is 7.54. The molecule has 7 nitrogen and oxygen atoms in total. The smallest absolute Gasteiger partial charge is 0.176 e. The van der Waals surface area contributed by atoms with E-state index in [9.17, 15) is 4.39 Å². The van der Waals surface area contributed by atoms with Crippen LogP contribution in [0.3, 0.4) is 0 Å². The molecule has 0 aliphatic carbocycles. The molecule has 0 bridgehead atoms. The third-order valence-electron chi connectivity index (χ3n) is 5.27. The van der Waals surface area contributed by atoms with Crippen molar-refractivity contribution >= 4 is 11.4 Å². The SMILES string of the molecule is Fc1ccc(Oc2ccc(-c3cc(N(CCc4nn[nH]n4)c4ccccc4)ccn3)cc2)cc1. The Kier molecular flexibility index (Phi) is 6.20. The van der Waals surface area contributed by atoms with Crippen molar-refractivity contribution in [3.8, 4) is 22.8 Å². The summed E-state index contributed by atoms with van der Waals surface area (Å²) in [6.45, 7) is 0.678. The maximum absolute atomic E-state index is 13.1. The summed E-state index contributed by atoms with van der Waals surface area (Å²) in [6.07, 6.45) is 2.44. The molecule has 5 aromatic rings. The average molecular weight is 452 g/mol. The number of para-hydroxylation sites is 1. The van der Waals surface area contributed by atoms with Gasteiger partial charge in [-0.15, -0.1) is 10.2 Å². The number of anilines is 2. The molecule has 0 amide bonds. The molecule has 3 aromatic carbocycles. The zero-order valence-electron chi connectivity index (χ0n) is 18.2. The third kappa shape index (κ3) is 5.07. The molecule has 0 unspecified atom stereocenters. The van der Waals surface area contributed by atoms with Crippen molar-refractivity contribution in [2.45, 2.75) is 6.42 Å². The number of hydrogen-bond acceptors (Lipinski definition) is 6. The molecule has 0 fully saturated rings. The van der Waals surface area contributed by atoms with Gasteiger partial charge in [-0.3, -0.25) is 4.98 Å². The van der Waals surface area contributed by atoms with E-state index in [0.717, 1.165) is 22.6 Å². The number of benzene rings is 3.